The first kappa shape index (κ1) is 11.5. The Balaban J connectivity index is 2.30. The summed E-state index contributed by atoms with van der Waals surface area (Å²) < 4.78 is 26.5. The van der Waals surface area contributed by atoms with Crippen molar-refractivity contribution in [3.63, 3.8) is 0 Å². The van der Waals surface area contributed by atoms with E-state index in [0.29, 0.717) is 11.5 Å². The van der Waals surface area contributed by atoms with Crippen LogP contribution >= 0.6 is 0 Å². The maximum Gasteiger partial charge on any atom is 0.130 e. The Labute approximate surface area is 94.3 Å². The molecule has 1 N–H and O–H groups in total. The number of benzene rings is 1. The molecule has 1 saturated heterocycles. The van der Waals surface area contributed by atoms with Crippen LogP contribution in [-0.2, 0) is 0 Å². The zero-order valence-corrected chi connectivity index (χ0v) is 9.50. The highest BCUT2D eigenvalue weighted by molar-refractivity contribution is 5.23. The molecule has 0 saturated carbocycles. The molecule has 1 unspecified atom stereocenters. The quantitative estimate of drug-likeness (QED) is 0.845. The predicted molar refractivity (Wildman–Crippen MR) is 59.1 cm³/mol. The lowest BCUT2D eigenvalue weighted by molar-refractivity contribution is 0.157. The van der Waals surface area contributed by atoms with Gasteiger partial charge in [0.05, 0.1) is 0 Å². The van der Waals surface area contributed by atoms with E-state index in [-0.39, 0.29) is 6.04 Å². The van der Waals surface area contributed by atoms with Gasteiger partial charge in [-0.15, -0.1) is 0 Å². The van der Waals surface area contributed by atoms with Gasteiger partial charge in [-0.25, -0.2) is 8.78 Å². The van der Waals surface area contributed by atoms with Gasteiger partial charge in [0.15, 0.2) is 0 Å². The summed E-state index contributed by atoms with van der Waals surface area (Å²) >= 11 is 0. The molecule has 88 valence electrons. The summed E-state index contributed by atoms with van der Waals surface area (Å²) in [6.45, 7) is 1.78. The van der Waals surface area contributed by atoms with Crippen molar-refractivity contribution in [2.75, 3.05) is 27.2 Å². The Morgan fingerprint density at radius 1 is 1.31 bits per heavy atom. The van der Waals surface area contributed by atoms with Crippen LogP contribution < -0.4 is 5.32 Å². The zero-order valence-electron chi connectivity index (χ0n) is 9.50. The van der Waals surface area contributed by atoms with Crippen LogP contribution in [-0.4, -0.2) is 32.1 Å². The van der Waals surface area contributed by atoms with Crippen LogP contribution in [0.25, 0.3) is 0 Å². The van der Waals surface area contributed by atoms with E-state index in [0.717, 1.165) is 19.2 Å². The highest BCUT2D eigenvalue weighted by Gasteiger charge is 2.31. The third kappa shape index (κ3) is 2.08. The van der Waals surface area contributed by atoms with Gasteiger partial charge in [0, 0.05) is 36.7 Å². The zero-order chi connectivity index (χ0) is 11.7. The summed E-state index contributed by atoms with van der Waals surface area (Å²) in [6, 6.07) is 3.84. The second-order valence-corrected chi connectivity index (χ2v) is 4.49. The fourth-order valence-corrected chi connectivity index (χ4v) is 2.23. The monoisotopic (exact) mass is 226 g/mol. The first-order valence-electron chi connectivity index (χ1n) is 5.41. The number of nitrogens with one attached hydrogen (secondary N) is 1. The molecule has 2 nitrogen and oxygen atoms in total. The Bertz CT molecular complexity index is 375. The van der Waals surface area contributed by atoms with Crippen LogP contribution in [0.2, 0.25) is 0 Å². The largest absolute Gasteiger partial charge is 0.316 e. The highest BCUT2D eigenvalue weighted by Crippen LogP contribution is 2.31. The van der Waals surface area contributed by atoms with E-state index in [4.69, 9.17) is 0 Å². The molecule has 1 aromatic carbocycles. The number of hydrogen-bond acceptors (Lipinski definition) is 2. The third-order valence-electron chi connectivity index (χ3n) is 3.10. The Morgan fingerprint density at radius 2 is 2.00 bits per heavy atom. The Kier molecular flexibility index (Phi) is 3.21. The number of hydrogen-bond donors (Lipinski definition) is 1. The van der Waals surface area contributed by atoms with Crippen molar-refractivity contribution in [1.82, 2.24) is 10.2 Å². The predicted octanol–water partition coefficient (Wildman–Crippen LogP) is 1.79. The second kappa shape index (κ2) is 4.47. The van der Waals surface area contributed by atoms with Crippen molar-refractivity contribution in [1.29, 1.82) is 0 Å². The van der Waals surface area contributed by atoms with Gasteiger partial charge in [-0.3, -0.25) is 0 Å². The molecule has 1 aromatic rings. The van der Waals surface area contributed by atoms with Crippen molar-refractivity contribution in [3.05, 3.63) is 35.4 Å². The molecule has 0 aromatic heterocycles. The molecule has 1 atom stereocenters. The topological polar surface area (TPSA) is 15.3 Å². The number of nitrogens with zero attached hydrogens (tertiary/aromatic N) is 1. The highest BCUT2D eigenvalue weighted by atomic mass is 19.1. The van der Waals surface area contributed by atoms with E-state index in [2.05, 4.69) is 5.32 Å². The summed E-state index contributed by atoms with van der Waals surface area (Å²) in [5.41, 5.74) is 0.581. The van der Waals surface area contributed by atoms with Gasteiger partial charge in [-0.1, -0.05) is 6.07 Å². The molecule has 16 heavy (non-hydrogen) atoms. The molecule has 4 heteroatoms. The summed E-state index contributed by atoms with van der Waals surface area (Å²) in [5.74, 6) is -0.578. The van der Waals surface area contributed by atoms with Gasteiger partial charge in [0.1, 0.15) is 11.6 Å². The van der Waals surface area contributed by atoms with E-state index in [1.807, 2.05) is 19.0 Å². The van der Waals surface area contributed by atoms with Gasteiger partial charge >= 0.3 is 0 Å². The fraction of sp³-hybridized carbons (Fsp3) is 0.500. The lowest BCUT2D eigenvalue weighted by atomic mass is 9.87. The first-order valence-corrected chi connectivity index (χ1v) is 5.41. The van der Waals surface area contributed by atoms with Crippen molar-refractivity contribution >= 4 is 0 Å². The van der Waals surface area contributed by atoms with E-state index < -0.39 is 11.6 Å². The van der Waals surface area contributed by atoms with Crippen LogP contribution in [0.4, 0.5) is 8.78 Å². The molecule has 0 bridgehead atoms. The van der Waals surface area contributed by atoms with Crippen molar-refractivity contribution < 1.29 is 8.78 Å². The molecule has 1 heterocycles. The summed E-state index contributed by atoms with van der Waals surface area (Å²) in [5, 5.41) is 3.17. The van der Waals surface area contributed by atoms with E-state index in [1.165, 1.54) is 6.07 Å². The van der Waals surface area contributed by atoms with Gasteiger partial charge in [0.2, 0.25) is 0 Å². The van der Waals surface area contributed by atoms with Gasteiger partial charge < -0.3 is 10.2 Å². The van der Waals surface area contributed by atoms with E-state index in [9.17, 15) is 8.78 Å². The lowest BCUT2D eigenvalue weighted by Crippen LogP contribution is -2.48. The van der Waals surface area contributed by atoms with Gasteiger partial charge in [-0.2, -0.15) is 0 Å². The third-order valence-corrected chi connectivity index (χ3v) is 3.10. The van der Waals surface area contributed by atoms with Crippen molar-refractivity contribution in [2.45, 2.75) is 6.04 Å². The molecule has 1 aliphatic rings. The minimum absolute atomic E-state index is 0.0156. The maximum atomic E-state index is 13.7. The normalized spacial score (nSPS) is 18.6. The Hall–Kier alpha value is -1.00. The van der Waals surface area contributed by atoms with Crippen LogP contribution in [0.15, 0.2) is 18.2 Å². The fourth-order valence-electron chi connectivity index (χ4n) is 2.23. The molecule has 1 aliphatic heterocycles. The van der Waals surface area contributed by atoms with Crippen LogP contribution in [0, 0.1) is 17.6 Å². The average molecular weight is 226 g/mol. The van der Waals surface area contributed by atoms with Gasteiger partial charge in [0.25, 0.3) is 0 Å². The molecule has 0 aliphatic carbocycles. The summed E-state index contributed by atoms with van der Waals surface area (Å²) in [7, 11) is 3.84. The molecular weight excluding hydrogens is 210 g/mol. The Morgan fingerprint density at radius 3 is 2.44 bits per heavy atom. The molecular formula is C12H16F2N2. The lowest BCUT2D eigenvalue weighted by Gasteiger charge is -2.38. The maximum absolute atomic E-state index is 13.7. The second-order valence-electron chi connectivity index (χ2n) is 4.49. The molecule has 2 rings (SSSR count). The number of rotatable bonds is 3. The SMILES string of the molecule is CN(C)C(c1ccc(F)cc1F)C1CNC1. The van der Waals surface area contributed by atoms with Crippen molar-refractivity contribution in [3.8, 4) is 0 Å². The minimum Gasteiger partial charge on any atom is -0.316 e. The molecule has 0 amide bonds. The summed E-state index contributed by atoms with van der Waals surface area (Å²) in [4.78, 5) is 1.99. The van der Waals surface area contributed by atoms with Crippen LogP contribution in [0.5, 0.6) is 0 Å². The first-order chi connectivity index (χ1) is 7.59. The van der Waals surface area contributed by atoms with Gasteiger partial charge in [-0.05, 0) is 20.2 Å². The number of halogens is 2. The smallest absolute Gasteiger partial charge is 0.130 e. The molecule has 1 fully saturated rings. The standard InChI is InChI=1S/C12H16F2N2/c1-16(2)12(8-6-15-7-8)10-4-3-9(13)5-11(10)14/h3-5,8,12,15H,6-7H2,1-2H3. The van der Waals surface area contributed by atoms with Crippen LogP contribution in [0.3, 0.4) is 0 Å². The van der Waals surface area contributed by atoms with Crippen molar-refractivity contribution in [2.24, 2.45) is 5.92 Å². The van der Waals surface area contributed by atoms with E-state index in [1.54, 1.807) is 6.07 Å². The summed E-state index contributed by atoms with van der Waals surface area (Å²) in [6.07, 6.45) is 0. The minimum atomic E-state index is -0.523. The average Bonchev–Trinajstić information content (AvgIpc) is 2.11. The molecule has 0 radical (unpaired) electrons. The van der Waals surface area contributed by atoms with E-state index >= 15 is 0 Å². The molecule has 0 spiro atoms. The van der Waals surface area contributed by atoms with Crippen LogP contribution in [0.1, 0.15) is 11.6 Å².